The number of carbonyl (C=O) groups is 2. The number of nitrogens with one attached hydrogen (secondary N) is 2. The van der Waals surface area contributed by atoms with Crippen molar-refractivity contribution >= 4 is 23.5 Å². The molecule has 7 heteroatoms. The van der Waals surface area contributed by atoms with Crippen LogP contribution in [0.15, 0.2) is 47.5 Å². The van der Waals surface area contributed by atoms with E-state index in [1.807, 2.05) is 25.1 Å². The summed E-state index contributed by atoms with van der Waals surface area (Å²) in [6.45, 7) is 5.47. The molecule has 4 unspecified atom stereocenters. The zero-order valence-corrected chi connectivity index (χ0v) is 18.5. The van der Waals surface area contributed by atoms with Crippen LogP contribution >= 0.6 is 0 Å². The van der Waals surface area contributed by atoms with Gasteiger partial charge < -0.3 is 15.5 Å². The predicted octanol–water partition coefficient (Wildman–Crippen LogP) is 1.88. The first-order valence-electron chi connectivity index (χ1n) is 11.4. The highest BCUT2D eigenvalue weighted by molar-refractivity contribution is 6.06. The highest BCUT2D eigenvalue weighted by atomic mass is 16.2. The van der Waals surface area contributed by atoms with E-state index < -0.39 is 0 Å². The van der Waals surface area contributed by atoms with Gasteiger partial charge in [-0.1, -0.05) is 30.4 Å². The predicted molar refractivity (Wildman–Crippen MR) is 123 cm³/mol. The summed E-state index contributed by atoms with van der Waals surface area (Å²) >= 11 is 0. The van der Waals surface area contributed by atoms with Crippen LogP contribution in [0.5, 0.6) is 0 Å². The Balaban J connectivity index is 1.22. The first-order chi connectivity index (χ1) is 15.1. The molecule has 2 bridgehead atoms. The molecule has 2 fully saturated rings. The lowest BCUT2D eigenvalue weighted by molar-refractivity contribution is -0.140. The van der Waals surface area contributed by atoms with Crippen molar-refractivity contribution in [2.75, 3.05) is 44.7 Å². The third-order valence-corrected chi connectivity index (χ3v) is 6.65. The summed E-state index contributed by atoms with van der Waals surface area (Å²) in [5.74, 6) is 1.16. The molecule has 4 atom stereocenters. The molecule has 1 aliphatic heterocycles. The molecule has 1 heterocycles. The fourth-order valence-corrected chi connectivity index (χ4v) is 5.10. The number of carbonyl (C=O) groups excluding carboxylic acids is 2. The minimum Gasteiger partial charge on any atom is -0.373 e. The topological polar surface area (TPSA) is 77.0 Å². The second-order valence-electron chi connectivity index (χ2n) is 8.63. The Bertz CT molecular complexity index is 823. The van der Waals surface area contributed by atoms with Gasteiger partial charge in [0.15, 0.2) is 5.96 Å². The molecule has 1 aromatic rings. The summed E-state index contributed by atoms with van der Waals surface area (Å²) in [7, 11) is 2.07. The molecule has 166 valence electrons. The number of anilines is 1. The van der Waals surface area contributed by atoms with Crippen LogP contribution < -0.4 is 15.5 Å². The Labute approximate surface area is 184 Å². The fraction of sp³-hybridized carbons (Fsp3) is 0.542. The third kappa shape index (κ3) is 4.45. The molecule has 1 saturated carbocycles. The number of likely N-dealkylation sites (N-methyl/N-ethyl adjacent to an activating group) is 1. The van der Waals surface area contributed by atoms with Crippen LogP contribution in [0.3, 0.4) is 0 Å². The average molecular weight is 424 g/mol. The van der Waals surface area contributed by atoms with E-state index in [0.29, 0.717) is 19.5 Å². The van der Waals surface area contributed by atoms with Gasteiger partial charge in [0.25, 0.3) is 0 Å². The number of hydrogen-bond donors (Lipinski definition) is 2. The Morgan fingerprint density at radius 3 is 2.42 bits per heavy atom. The van der Waals surface area contributed by atoms with Crippen molar-refractivity contribution < 1.29 is 9.59 Å². The van der Waals surface area contributed by atoms with Crippen molar-refractivity contribution in [2.45, 2.75) is 19.8 Å². The van der Waals surface area contributed by atoms with Gasteiger partial charge in [-0.05, 0) is 43.7 Å². The zero-order valence-electron chi connectivity index (χ0n) is 18.5. The molecule has 2 N–H and O–H groups in total. The summed E-state index contributed by atoms with van der Waals surface area (Å²) in [5, 5.41) is 6.62. The van der Waals surface area contributed by atoms with Crippen LogP contribution in [0, 0.1) is 23.7 Å². The Hall–Kier alpha value is -2.83. The SMILES string of the molecule is CCNC(=NCCCN1C(=O)C2C3C=CC(C3)C2C1=O)NCCN(C)c1ccccc1. The van der Waals surface area contributed by atoms with Crippen LogP contribution in [0.2, 0.25) is 0 Å². The number of likely N-dealkylation sites (tertiary alicyclic amines) is 1. The first-order valence-corrected chi connectivity index (χ1v) is 11.4. The summed E-state index contributed by atoms with van der Waals surface area (Å²) in [6.07, 6.45) is 5.92. The van der Waals surface area contributed by atoms with Gasteiger partial charge >= 0.3 is 0 Å². The quantitative estimate of drug-likeness (QED) is 0.209. The lowest BCUT2D eigenvalue weighted by atomic mass is 9.85. The number of rotatable bonds is 9. The van der Waals surface area contributed by atoms with Crippen LogP contribution in [0.1, 0.15) is 19.8 Å². The first kappa shape index (κ1) is 21.4. The van der Waals surface area contributed by atoms with E-state index >= 15 is 0 Å². The number of benzene rings is 1. The van der Waals surface area contributed by atoms with Gasteiger partial charge in [-0.15, -0.1) is 0 Å². The number of allylic oxidation sites excluding steroid dienone is 2. The summed E-state index contributed by atoms with van der Waals surface area (Å²) in [4.78, 5) is 33.8. The van der Waals surface area contributed by atoms with Crippen molar-refractivity contribution in [3.05, 3.63) is 42.5 Å². The molecule has 1 aromatic carbocycles. The number of aliphatic imine (C=N–C) groups is 1. The minimum absolute atomic E-state index is 0.0322. The van der Waals surface area contributed by atoms with E-state index in [2.05, 4.69) is 51.9 Å². The number of amides is 2. The van der Waals surface area contributed by atoms with Gasteiger partial charge in [-0.25, -0.2) is 0 Å². The summed E-state index contributed by atoms with van der Waals surface area (Å²) in [6, 6.07) is 10.3. The molecule has 3 aliphatic rings. The molecule has 0 aromatic heterocycles. The van der Waals surface area contributed by atoms with Crippen LogP contribution in [-0.2, 0) is 9.59 Å². The molecule has 31 heavy (non-hydrogen) atoms. The van der Waals surface area contributed by atoms with Crippen molar-refractivity contribution in [3.63, 3.8) is 0 Å². The average Bonchev–Trinajstić information content (AvgIpc) is 3.46. The Morgan fingerprint density at radius 2 is 1.77 bits per heavy atom. The monoisotopic (exact) mass is 423 g/mol. The fourth-order valence-electron chi connectivity index (χ4n) is 5.10. The Morgan fingerprint density at radius 1 is 1.10 bits per heavy atom. The second kappa shape index (κ2) is 9.54. The largest absolute Gasteiger partial charge is 0.373 e. The number of hydrogen-bond acceptors (Lipinski definition) is 4. The standard InChI is InChI=1S/C24H33N5O2/c1-3-25-24(27-13-15-28(2)19-8-5-4-6-9-19)26-12-7-14-29-22(30)20-17-10-11-18(16-17)21(20)23(29)31/h4-6,8-11,17-18,20-21H,3,7,12-16H2,1-2H3,(H2,25,26,27). The molecule has 2 amide bonds. The van der Waals surface area contributed by atoms with E-state index in [-0.39, 0.29) is 35.5 Å². The van der Waals surface area contributed by atoms with Crippen LogP contribution in [0.25, 0.3) is 0 Å². The second-order valence-corrected chi connectivity index (χ2v) is 8.63. The number of nitrogens with zero attached hydrogens (tertiary/aromatic N) is 3. The molecule has 0 radical (unpaired) electrons. The lowest BCUT2D eigenvalue weighted by Crippen LogP contribution is -2.41. The van der Waals surface area contributed by atoms with Gasteiger partial charge in [-0.2, -0.15) is 0 Å². The van der Waals surface area contributed by atoms with E-state index in [4.69, 9.17) is 0 Å². The maximum Gasteiger partial charge on any atom is 0.233 e. The Kier molecular flexibility index (Phi) is 6.59. The number of fused-ring (bicyclic) bond motifs is 5. The number of guanidine groups is 1. The smallest absolute Gasteiger partial charge is 0.233 e. The normalized spacial score (nSPS) is 26.5. The lowest BCUT2D eigenvalue weighted by Gasteiger charge is -2.20. The maximum absolute atomic E-state index is 12.7. The molecule has 7 nitrogen and oxygen atoms in total. The van der Waals surface area contributed by atoms with Gasteiger partial charge in [-0.3, -0.25) is 19.5 Å². The highest BCUT2D eigenvalue weighted by Gasteiger charge is 2.58. The van der Waals surface area contributed by atoms with Crippen LogP contribution in [-0.4, -0.2) is 62.4 Å². The molecule has 1 saturated heterocycles. The third-order valence-electron chi connectivity index (χ3n) is 6.65. The summed E-state index contributed by atoms with van der Waals surface area (Å²) in [5.41, 5.74) is 1.18. The van der Waals surface area contributed by atoms with Crippen molar-refractivity contribution in [3.8, 4) is 0 Å². The molecule has 2 aliphatic carbocycles. The van der Waals surface area contributed by atoms with Gasteiger partial charge in [0, 0.05) is 45.5 Å². The summed E-state index contributed by atoms with van der Waals surface area (Å²) < 4.78 is 0. The molecular formula is C24H33N5O2. The van der Waals surface area contributed by atoms with Gasteiger partial charge in [0.2, 0.25) is 11.8 Å². The van der Waals surface area contributed by atoms with Crippen molar-refractivity contribution in [1.29, 1.82) is 0 Å². The maximum atomic E-state index is 12.7. The van der Waals surface area contributed by atoms with E-state index in [9.17, 15) is 9.59 Å². The minimum atomic E-state index is -0.105. The van der Waals surface area contributed by atoms with E-state index in [1.54, 1.807) is 0 Å². The number of para-hydroxylation sites is 1. The molecular weight excluding hydrogens is 390 g/mol. The van der Waals surface area contributed by atoms with Crippen LogP contribution in [0.4, 0.5) is 5.69 Å². The van der Waals surface area contributed by atoms with Gasteiger partial charge in [0.05, 0.1) is 11.8 Å². The van der Waals surface area contributed by atoms with E-state index in [1.165, 1.54) is 10.6 Å². The number of imide groups is 1. The molecule has 0 spiro atoms. The molecule has 4 rings (SSSR count). The highest BCUT2D eigenvalue weighted by Crippen LogP contribution is 2.52. The van der Waals surface area contributed by atoms with Gasteiger partial charge in [0.1, 0.15) is 0 Å². The van der Waals surface area contributed by atoms with E-state index in [0.717, 1.165) is 32.0 Å². The van der Waals surface area contributed by atoms with Crippen molar-refractivity contribution in [2.24, 2.45) is 28.7 Å². The zero-order chi connectivity index (χ0) is 21.8. The van der Waals surface area contributed by atoms with Crippen molar-refractivity contribution in [1.82, 2.24) is 15.5 Å².